The van der Waals surface area contributed by atoms with Gasteiger partial charge < -0.3 is 19.4 Å². The second-order valence-corrected chi connectivity index (χ2v) is 5.38. The van der Waals surface area contributed by atoms with Crippen LogP contribution in [0, 0.1) is 0 Å². The van der Waals surface area contributed by atoms with Crippen molar-refractivity contribution in [2.24, 2.45) is 0 Å². The Kier molecular flexibility index (Phi) is 10.8. The van der Waals surface area contributed by atoms with E-state index in [2.05, 4.69) is 11.9 Å². The Morgan fingerprint density at radius 2 is 1.23 bits per heavy atom. The highest BCUT2D eigenvalue weighted by molar-refractivity contribution is 5.76. The van der Waals surface area contributed by atoms with Crippen LogP contribution in [0.2, 0.25) is 0 Å². The fraction of sp³-hybridized carbons (Fsp3) is 0.875. The number of carbonyl (C=O) groups is 2. The lowest BCUT2D eigenvalue weighted by Crippen LogP contribution is -2.46. The van der Waals surface area contributed by atoms with Crippen molar-refractivity contribution >= 4 is 11.8 Å². The summed E-state index contributed by atoms with van der Waals surface area (Å²) in [5, 5.41) is 0. The molecular weight excluding hydrogens is 282 g/mol. The molecule has 6 heteroatoms. The highest BCUT2D eigenvalue weighted by Crippen LogP contribution is 2.00. The molecule has 2 aliphatic heterocycles. The molecule has 0 bridgehead atoms. The first-order chi connectivity index (χ1) is 10.1. The van der Waals surface area contributed by atoms with E-state index in [0.29, 0.717) is 26.1 Å². The topological polar surface area (TPSA) is 53.1 Å². The van der Waals surface area contributed by atoms with Crippen LogP contribution in [0.1, 0.15) is 34.1 Å². The van der Waals surface area contributed by atoms with Gasteiger partial charge in [-0.15, -0.1) is 0 Å². The molecular formula is C16H33N3O3. The van der Waals surface area contributed by atoms with Crippen molar-refractivity contribution < 1.29 is 14.3 Å². The first-order valence-corrected chi connectivity index (χ1v) is 7.90. The lowest BCUT2D eigenvalue weighted by atomic mass is 10.3. The molecule has 0 unspecified atom stereocenters. The molecule has 0 aromatic rings. The Bertz CT molecular complexity index is 323. The summed E-state index contributed by atoms with van der Waals surface area (Å²) in [5.74, 6) is 0.529. The first-order valence-electron chi connectivity index (χ1n) is 7.90. The molecule has 2 saturated heterocycles. The number of morpholine rings is 1. The van der Waals surface area contributed by atoms with E-state index in [0.717, 1.165) is 39.3 Å². The normalized spacial score (nSPS) is 18.9. The quantitative estimate of drug-likeness (QED) is 0.765. The van der Waals surface area contributed by atoms with Crippen molar-refractivity contribution in [3.05, 3.63) is 0 Å². The first kappa shape index (κ1) is 20.9. The molecule has 0 spiro atoms. The summed E-state index contributed by atoms with van der Waals surface area (Å²) in [6.45, 7) is 10.6. The summed E-state index contributed by atoms with van der Waals surface area (Å²) in [4.78, 5) is 28.3. The van der Waals surface area contributed by atoms with Crippen LogP contribution in [0.15, 0.2) is 0 Å². The van der Waals surface area contributed by atoms with Gasteiger partial charge in [0.1, 0.15) is 0 Å². The van der Waals surface area contributed by atoms with Crippen molar-refractivity contribution in [3.8, 4) is 0 Å². The molecule has 0 aliphatic carbocycles. The van der Waals surface area contributed by atoms with Crippen molar-refractivity contribution in [3.63, 3.8) is 0 Å². The molecule has 2 fully saturated rings. The van der Waals surface area contributed by atoms with Crippen LogP contribution in [0.25, 0.3) is 0 Å². The Balaban J connectivity index is 0.000000385. The Labute approximate surface area is 135 Å². The maximum absolute atomic E-state index is 11.2. The maximum atomic E-state index is 11.2. The van der Waals surface area contributed by atoms with E-state index >= 15 is 0 Å². The molecule has 0 saturated carbocycles. The van der Waals surface area contributed by atoms with E-state index in [4.69, 9.17) is 4.74 Å². The van der Waals surface area contributed by atoms with E-state index in [1.807, 2.05) is 23.6 Å². The number of piperazine rings is 1. The second kappa shape index (κ2) is 11.4. The van der Waals surface area contributed by atoms with Crippen molar-refractivity contribution in [1.29, 1.82) is 0 Å². The molecule has 0 aromatic carbocycles. The molecule has 0 N–H and O–H groups in total. The third kappa shape index (κ3) is 7.22. The van der Waals surface area contributed by atoms with E-state index < -0.39 is 0 Å². The van der Waals surface area contributed by atoms with Gasteiger partial charge in [-0.1, -0.05) is 21.3 Å². The molecule has 6 nitrogen and oxygen atoms in total. The standard InChI is InChI=1S/C8H16N2O.C7H13NO2.CH4/c1-3-8(11)10-6-4-9(2)5-7-10;1-2-7(9)8-3-5-10-6-4-8;/h3-7H2,1-2H3;2-6H2,1H3;1H4. The summed E-state index contributed by atoms with van der Waals surface area (Å²) in [5.41, 5.74) is 0. The summed E-state index contributed by atoms with van der Waals surface area (Å²) < 4.78 is 5.10. The van der Waals surface area contributed by atoms with Crippen molar-refractivity contribution in [2.75, 3.05) is 59.5 Å². The smallest absolute Gasteiger partial charge is 0.222 e. The van der Waals surface area contributed by atoms with Gasteiger partial charge in [0.2, 0.25) is 11.8 Å². The fourth-order valence-electron chi connectivity index (χ4n) is 2.32. The fourth-order valence-corrected chi connectivity index (χ4v) is 2.32. The average molecular weight is 315 g/mol. The zero-order valence-electron chi connectivity index (χ0n) is 13.6. The number of rotatable bonds is 2. The van der Waals surface area contributed by atoms with Gasteiger partial charge in [-0.05, 0) is 7.05 Å². The van der Waals surface area contributed by atoms with Gasteiger partial charge >= 0.3 is 0 Å². The Morgan fingerprint density at radius 1 is 0.818 bits per heavy atom. The molecule has 2 aliphatic rings. The van der Waals surface area contributed by atoms with Crippen LogP contribution in [0.5, 0.6) is 0 Å². The van der Waals surface area contributed by atoms with Gasteiger partial charge in [-0.25, -0.2) is 0 Å². The van der Waals surface area contributed by atoms with Crippen molar-refractivity contribution in [2.45, 2.75) is 34.1 Å². The highest BCUT2D eigenvalue weighted by atomic mass is 16.5. The number of ether oxygens (including phenoxy) is 1. The molecule has 2 heterocycles. The van der Waals surface area contributed by atoms with Crippen LogP contribution in [-0.2, 0) is 14.3 Å². The number of nitrogens with zero attached hydrogens (tertiary/aromatic N) is 3. The van der Waals surface area contributed by atoms with Crippen LogP contribution in [0.4, 0.5) is 0 Å². The monoisotopic (exact) mass is 315 g/mol. The van der Waals surface area contributed by atoms with Gasteiger partial charge in [-0.2, -0.15) is 0 Å². The Hall–Kier alpha value is -1.14. The highest BCUT2D eigenvalue weighted by Gasteiger charge is 2.16. The van der Waals surface area contributed by atoms with E-state index in [1.165, 1.54) is 0 Å². The van der Waals surface area contributed by atoms with E-state index in [1.54, 1.807) is 0 Å². The van der Waals surface area contributed by atoms with Gasteiger partial charge in [0.15, 0.2) is 0 Å². The third-order valence-electron chi connectivity index (χ3n) is 3.82. The molecule has 22 heavy (non-hydrogen) atoms. The predicted octanol–water partition coefficient (Wildman–Crippen LogP) is 1.06. The van der Waals surface area contributed by atoms with Gasteiger partial charge in [-0.3, -0.25) is 9.59 Å². The second-order valence-electron chi connectivity index (χ2n) is 5.38. The molecule has 0 atom stereocenters. The van der Waals surface area contributed by atoms with Gasteiger partial charge in [0.05, 0.1) is 13.2 Å². The minimum atomic E-state index is 0. The van der Waals surface area contributed by atoms with Crippen LogP contribution in [-0.4, -0.2) is 86.0 Å². The molecule has 0 radical (unpaired) electrons. The summed E-state index contributed by atoms with van der Waals surface area (Å²) in [7, 11) is 2.09. The minimum absolute atomic E-state index is 0. The lowest BCUT2D eigenvalue weighted by Gasteiger charge is -2.32. The lowest BCUT2D eigenvalue weighted by molar-refractivity contribution is -0.135. The molecule has 130 valence electrons. The van der Waals surface area contributed by atoms with Gasteiger partial charge in [0, 0.05) is 52.1 Å². The summed E-state index contributed by atoms with van der Waals surface area (Å²) >= 11 is 0. The average Bonchev–Trinajstić information content (AvgIpc) is 2.55. The van der Waals surface area contributed by atoms with Crippen LogP contribution >= 0.6 is 0 Å². The maximum Gasteiger partial charge on any atom is 0.222 e. The van der Waals surface area contributed by atoms with Crippen molar-refractivity contribution in [1.82, 2.24) is 14.7 Å². The minimum Gasteiger partial charge on any atom is -0.378 e. The number of amides is 2. The van der Waals surface area contributed by atoms with E-state index in [9.17, 15) is 9.59 Å². The largest absolute Gasteiger partial charge is 0.378 e. The Morgan fingerprint density at radius 3 is 1.64 bits per heavy atom. The number of hydrogen-bond acceptors (Lipinski definition) is 4. The SMILES string of the molecule is C.CCC(=O)N1CCN(C)CC1.CCC(=O)N1CCOCC1. The zero-order chi connectivity index (χ0) is 15.7. The summed E-state index contributed by atoms with van der Waals surface area (Å²) in [6, 6.07) is 0. The third-order valence-corrected chi connectivity index (χ3v) is 3.82. The van der Waals surface area contributed by atoms with Gasteiger partial charge in [0.25, 0.3) is 0 Å². The predicted molar refractivity (Wildman–Crippen MR) is 88.8 cm³/mol. The molecule has 2 rings (SSSR count). The van der Waals surface area contributed by atoms with E-state index in [-0.39, 0.29) is 19.2 Å². The number of carbonyl (C=O) groups excluding carboxylic acids is 2. The molecule has 2 amide bonds. The van der Waals surface area contributed by atoms with Crippen LogP contribution in [0.3, 0.4) is 0 Å². The molecule has 0 aromatic heterocycles. The number of likely N-dealkylation sites (N-methyl/N-ethyl adjacent to an activating group) is 1. The zero-order valence-corrected chi connectivity index (χ0v) is 13.6. The summed E-state index contributed by atoms with van der Waals surface area (Å²) in [6.07, 6.45) is 1.25. The number of hydrogen-bond donors (Lipinski definition) is 0. The van der Waals surface area contributed by atoms with Crippen LogP contribution < -0.4 is 0 Å².